The molecule has 0 spiro atoms. The van der Waals surface area contributed by atoms with Crippen molar-refractivity contribution in [3.05, 3.63) is 107 Å². The largest absolute Gasteiger partial charge is 0.462 e. The molecule has 0 aliphatic heterocycles. The van der Waals surface area contributed by atoms with Crippen molar-refractivity contribution in [3.63, 3.8) is 0 Å². The molecule has 0 aliphatic carbocycles. The van der Waals surface area contributed by atoms with Crippen LogP contribution in [-0.4, -0.2) is 33.7 Å². The van der Waals surface area contributed by atoms with Gasteiger partial charge in [-0.15, -0.1) is 0 Å². The summed E-state index contributed by atoms with van der Waals surface area (Å²) in [5, 5.41) is 2.73. The minimum Gasteiger partial charge on any atom is -0.462 e. The van der Waals surface area contributed by atoms with Crippen LogP contribution in [0.5, 0.6) is 0 Å². The summed E-state index contributed by atoms with van der Waals surface area (Å²) in [6.07, 6.45) is -1.61. The normalized spacial score (nSPS) is 11.3. The number of pyridine rings is 2. The topological polar surface area (TPSA) is 89.8 Å². The van der Waals surface area contributed by atoms with Gasteiger partial charge in [0, 0.05) is 23.5 Å². The standard InChI is InChI=1S/C26H20F3N3O4/c1-2-36-25(35)20-14-22(23(33)16-6-5-7-18(12-16)26(27,28)29)32-11-9-17(13-21(20)32)24(34)31-15-19-8-3-4-10-30-19/h3-14H,2,15H2,1H3,(H,31,34). The average Bonchev–Trinajstić information content (AvgIpc) is 3.26. The zero-order valence-corrected chi connectivity index (χ0v) is 19.0. The van der Waals surface area contributed by atoms with E-state index in [0.29, 0.717) is 5.69 Å². The lowest BCUT2D eigenvalue weighted by molar-refractivity contribution is -0.137. The number of benzene rings is 1. The van der Waals surface area contributed by atoms with Crippen molar-refractivity contribution in [2.75, 3.05) is 6.61 Å². The highest BCUT2D eigenvalue weighted by Gasteiger charge is 2.31. The van der Waals surface area contributed by atoms with Crippen molar-refractivity contribution in [1.82, 2.24) is 14.7 Å². The van der Waals surface area contributed by atoms with Gasteiger partial charge < -0.3 is 14.5 Å². The number of esters is 1. The third kappa shape index (κ3) is 5.12. The highest BCUT2D eigenvalue weighted by Crippen LogP contribution is 2.30. The Bertz CT molecular complexity index is 1450. The van der Waals surface area contributed by atoms with E-state index in [2.05, 4.69) is 10.3 Å². The number of rotatable bonds is 7. The molecular formula is C26H20F3N3O4. The van der Waals surface area contributed by atoms with E-state index in [1.165, 1.54) is 34.9 Å². The number of alkyl halides is 3. The molecular weight excluding hydrogens is 475 g/mol. The maximum Gasteiger partial charge on any atom is 0.416 e. The van der Waals surface area contributed by atoms with Gasteiger partial charge in [-0.3, -0.25) is 14.6 Å². The molecule has 10 heteroatoms. The highest BCUT2D eigenvalue weighted by atomic mass is 19.4. The van der Waals surface area contributed by atoms with Gasteiger partial charge in [0.2, 0.25) is 5.78 Å². The highest BCUT2D eigenvalue weighted by molar-refractivity contribution is 6.11. The first kappa shape index (κ1) is 24.6. The Morgan fingerprint density at radius 3 is 2.50 bits per heavy atom. The van der Waals surface area contributed by atoms with Crippen molar-refractivity contribution in [2.45, 2.75) is 19.6 Å². The molecule has 0 fully saturated rings. The Morgan fingerprint density at radius 1 is 1.00 bits per heavy atom. The van der Waals surface area contributed by atoms with Crippen molar-refractivity contribution >= 4 is 23.2 Å². The van der Waals surface area contributed by atoms with Crippen LogP contribution in [0.4, 0.5) is 13.2 Å². The van der Waals surface area contributed by atoms with Crippen LogP contribution in [0.3, 0.4) is 0 Å². The molecule has 3 heterocycles. The van der Waals surface area contributed by atoms with E-state index < -0.39 is 29.4 Å². The van der Waals surface area contributed by atoms with E-state index in [-0.39, 0.29) is 41.1 Å². The van der Waals surface area contributed by atoms with Crippen LogP contribution in [0.2, 0.25) is 0 Å². The quantitative estimate of drug-likeness (QED) is 0.297. The monoisotopic (exact) mass is 495 g/mol. The van der Waals surface area contributed by atoms with Crippen LogP contribution < -0.4 is 5.32 Å². The zero-order chi connectivity index (χ0) is 25.9. The molecule has 1 N–H and O–H groups in total. The number of aromatic nitrogens is 2. The number of ketones is 1. The fourth-order valence-electron chi connectivity index (χ4n) is 3.65. The third-order valence-electron chi connectivity index (χ3n) is 5.37. The van der Waals surface area contributed by atoms with Gasteiger partial charge in [-0.2, -0.15) is 13.2 Å². The van der Waals surface area contributed by atoms with Gasteiger partial charge in [-0.25, -0.2) is 4.79 Å². The van der Waals surface area contributed by atoms with E-state index >= 15 is 0 Å². The minimum atomic E-state index is -4.62. The van der Waals surface area contributed by atoms with Crippen LogP contribution in [0.25, 0.3) is 5.52 Å². The molecule has 0 saturated carbocycles. The number of hydrogen-bond acceptors (Lipinski definition) is 5. The van der Waals surface area contributed by atoms with Crippen LogP contribution in [-0.2, 0) is 17.5 Å². The molecule has 3 aromatic heterocycles. The summed E-state index contributed by atoms with van der Waals surface area (Å²) < 4.78 is 45.9. The Labute approximate surface area is 203 Å². The first-order valence-corrected chi connectivity index (χ1v) is 10.9. The molecule has 0 aliphatic rings. The van der Waals surface area contributed by atoms with E-state index in [9.17, 15) is 27.6 Å². The summed E-state index contributed by atoms with van der Waals surface area (Å²) in [6.45, 7) is 1.86. The van der Waals surface area contributed by atoms with Crippen LogP contribution in [0, 0.1) is 0 Å². The number of fused-ring (bicyclic) bond motifs is 1. The van der Waals surface area contributed by atoms with Gasteiger partial charge >= 0.3 is 12.1 Å². The molecule has 0 radical (unpaired) electrons. The number of nitrogens with zero attached hydrogens (tertiary/aromatic N) is 2. The zero-order valence-electron chi connectivity index (χ0n) is 19.0. The van der Waals surface area contributed by atoms with Gasteiger partial charge in [-0.05, 0) is 49.4 Å². The van der Waals surface area contributed by atoms with Crippen molar-refractivity contribution < 1.29 is 32.3 Å². The molecule has 0 atom stereocenters. The Balaban J connectivity index is 1.72. The molecule has 1 amide bonds. The van der Waals surface area contributed by atoms with E-state index in [0.717, 1.165) is 18.2 Å². The molecule has 0 unspecified atom stereocenters. The average molecular weight is 495 g/mol. The summed E-state index contributed by atoms with van der Waals surface area (Å²) in [7, 11) is 0. The van der Waals surface area contributed by atoms with Gasteiger partial charge in [0.25, 0.3) is 5.91 Å². The first-order chi connectivity index (χ1) is 17.2. The molecule has 4 aromatic rings. The summed E-state index contributed by atoms with van der Waals surface area (Å²) in [4.78, 5) is 42.7. The minimum absolute atomic E-state index is 0.00607. The van der Waals surface area contributed by atoms with E-state index in [4.69, 9.17) is 4.74 Å². The lowest BCUT2D eigenvalue weighted by Crippen LogP contribution is -2.23. The first-order valence-electron chi connectivity index (χ1n) is 10.9. The number of hydrogen-bond donors (Lipinski definition) is 1. The molecule has 36 heavy (non-hydrogen) atoms. The van der Waals surface area contributed by atoms with Gasteiger partial charge in [0.1, 0.15) is 0 Å². The number of nitrogens with one attached hydrogen (secondary N) is 1. The van der Waals surface area contributed by atoms with Gasteiger partial charge in [0.15, 0.2) is 0 Å². The van der Waals surface area contributed by atoms with Gasteiger partial charge in [0.05, 0.1) is 41.2 Å². The lowest BCUT2D eigenvalue weighted by atomic mass is 10.0. The molecule has 7 nitrogen and oxygen atoms in total. The Kier molecular flexibility index (Phi) is 6.86. The predicted octanol–water partition coefficient (Wildman–Crippen LogP) is 4.69. The number of carbonyl (C=O) groups is 3. The van der Waals surface area contributed by atoms with E-state index in [1.807, 2.05) is 0 Å². The third-order valence-corrected chi connectivity index (χ3v) is 5.37. The number of ether oxygens (including phenoxy) is 1. The second-order valence-corrected chi connectivity index (χ2v) is 7.75. The fourth-order valence-corrected chi connectivity index (χ4v) is 3.65. The second kappa shape index (κ2) is 10.0. The lowest BCUT2D eigenvalue weighted by Gasteiger charge is -2.09. The Morgan fingerprint density at radius 2 is 1.81 bits per heavy atom. The molecule has 0 saturated heterocycles. The molecule has 0 bridgehead atoms. The smallest absolute Gasteiger partial charge is 0.416 e. The van der Waals surface area contributed by atoms with Crippen molar-refractivity contribution in [3.8, 4) is 0 Å². The van der Waals surface area contributed by atoms with Crippen LogP contribution in [0.1, 0.15) is 54.9 Å². The SMILES string of the molecule is CCOC(=O)c1cc(C(=O)c2cccc(C(F)(F)F)c2)n2ccc(C(=O)NCc3ccccn3)cc12. The maximum absolute atomic E-state index is 13.2. The maximum atomic E-state index is 13.2. The van der Waals surface area contributed by atoms with E-state index in [1.54, 1.807) is 31.3 Å². The number of amides is 1. The fraction of sp³-hybridized carbons (Fsp3) is 0.154. The summed E-state index contributed by atoms with van der Waals surface area (Å²) in [5.74, 6) is -1.90. The van der Waals surface area contributed by atoms with Crippen LogP contribution >= 0.6 is 0 Å². The van der Waals surface area contributed by atoms with Crippen LogP contribution in [0.15, 0.2) is 73.1 Å². The Hall–Kier alpha value is -4.47. The summed E-state index contributed by atoms with van der Waals surface area (Å²) in [6, 6.07) is 13.4. The molecule has 184 valence electrons. The predicted molar refractivity (Wildman–Crippen MR) is 124 cm³/mol. The summed E-state index contributed by atoms with van der Waals surface area (Å²) in [5.41, 5.74) is -0.145. The summed E-state index contributed by atoms with van der Waals surface area (Å²) >= 11 is 0. The molecule has 1 aromatic carbocycles. The van der Waals surface area contributed by atoms with Crippen molar-refractivity contribution in [2.24, 2.45) is 0 Å². The second-order valence-electron chi connectivity index (χ2n) is 7.75. The number of halogens is 3. The number of carbonyl (C=O) groups excluding carboxylic acids is 3. The van der Waals surface area contributed by atoms with Crippen molar-refractivity contribution in [1.29, 1.82) is 0 Å². The van der Waals surface area contributed by atoms with Gasteiger partial charge in [-0.1, -0.05) is 18.2 Å². The molecule has 4 rings (SSSR count).